The van der Waals surface area contributed by atoms with Gasteiger partial charge in [0.2, 0.25) is 5.82 Å². The molecular formula is C26H34N8OS. The van der Waals surface area contributed by atoms with Crippen LogP contribution in [0.1, 0.15) is 37.0 Å². The Morgan fingerprint density at radius 3 is 2.28 bits per heavy atom. The Morgan fingerprint density at radius 2 is 1.67 bits per heavy atom. The second-order valence-electron chi connectivity index (χ2n) is 8.53. The summed E-state index contributed by atoms with van der Waals surface area (Å²) in [6.07, 6.45) is 3.35. The molecule has 190 valence electrons. The van der Waals surface area contributed by atoms with Crippen molar-refractivity contribution in [1.29, 1.82) is 0 Å². The quantitative estimate of drug-likeness (QED) is 0.338. The topological polar surface area (TPSA) is 90.4 Å². The third kappa shape index (κ3) is 6.23. The van der Waals surface area contributed by atoms with E-state index >= 15 is 0 Å². The van der Waals surface area contributed by atoms with Gasteiger partial charge < -0.3 is 20.0 Å². The lowest BCUT2D eigenvalue weighted by atomic mass is 10.2. The lowest BCUT2D eigenvalue weighted by Gasteiger charge is -2.35. The van der Waals surface area contributed by atoms with Crippen LogP contribution in [0.25, 0.3) is 0 Å². The summed E-state index contributed by atoms with van der Waals surface area (Å²) in [5.41, 5.74) is 3.13. The number of benzene rings is 1. The van der Waals surface area contributed by atoms with Crippen LogP contribution in [0.4, 0.5) is 23.0 Å². The Hall–Kier alpha value is -3.40. The molecule has 0 atom stereocenters. The molecule has 0 saturated carbocycles. The summed E-state index contributed by atoms with van der Waals surface area (Å²) in [6, 6.07) is 10.4. The highest BCUT2D eigenvalue weighted by Gasteiger charge is 2.25. The highest BCUT2D eigenvalue weighted by molar-refractivity contribution is 7.99. The van der Waals surface area contributed by atoms with Crippen molar-refractivity contribution in [2.45, 2.75) is 32.9 Å². The lowest BCUT2D eigenvalue weighted by molar-refractivity contribution is 0.0734. The van der Waals surface area contributed by atoms with E-state index < -0.39 is 0 Å². The molecule has 0 unspecified atom stereocenters. The Labute approximate surface area is 217 Å². The number of nitrogens with one attached hydrogen (secondary N) is 1. The highest BCUT2D eigenvalue weighted by Crippen LogP contribution is 2.26. The number of thioether (sulfide) groups is 1. The Bertz CT molecular complexity index is 1140. The first kappa shape index (κ1) is 25.7. The maximum absolute atomic E-state index is 12.8. The Kier molecular flexibility index (Phi) is 8.58. The number of anilines is 4. The van der Waals surface area contributed by atoms with E-state index in [2.05, 4.69) is 70.1 Å². The first-order chi connectivity index (χ1) is 17.5. The third-order valence-electron chi connectivity index (χ3n) is 6.10. The van der Waals surface area contributed by atoms with Gasteiger partial charge in [-0.15, -0.1) is 0 Å². The van der Waals surface area contributed by atoms with Crippen molar-refractivity contribution in [1.82, 2.24) is 24.8 Å². The molecule has 1 N–H and O–H groups in total. The average molecular weight is 507 g/mol. The molecule has 9 nitrogen and oxygen atoms in total. The van der Waals surface area contributed by atoms with E-state index in [0.29, 0.717) is 26.2 Å². The normalized spacial score (nSPS) is 13.6. The fourth-order valence-corrected chi connectivity index (χ4v) is 4.69. The number of aryl methyl sites for hydroxylation is 1. The summed E-state index contributed by atoms with van der Waals surface area (Å²) in [7, 11) is 0. The van der Waals surface area contributed by atoms with Gasteiger partial charge in [0, 0.05) is 69.1 Å². The van der Waals surface area contributed by atoms with E-state index in [1.807, 2.05) is 13.0 Å². The fraction of sp³-hybridized carbons (Fsp3) is 0.423. The van der Waals surface area contributed by atoms with Gasteiger partial charge in [0.05, 0.1) is 0 Å². The SMILES string of the molecule is CCSc1nc(Nc2ccc(N(CC)CC)cc2)cc(N2CCN(C(=O)c3ncc(C)cn3)CC2)n1. The van der Waals surface area contributed by atoms with Crippen molar-refractivity contribution in [3.8, 4) is 0 Å². The summed E-state index contributed by atoms with van der Waals surface area (Å²) in [5, 5.41) is 4.19. The number of hydrogen-bond acceptors (Lipinski definition) is 9. The molecule has 2 aromatic heterocycles. The summed E-state index contributed by atoms with van der Waals surface area (Å²) in [4.78, 5) is 37.0. The third-order valence-corrected chi connectivity index (χ3v) is 6.83. The van der Waals surface area contributed by atoms with E-state index in [4.69, 9.17) is 9.97 Å². The number of hydrogen-bond donors (Lipinski definition) is 1. The molecule has 1 aromatic carbocycles. The number of nitrogens with zero attached hydrogens (tertiary/aromatic N) is 7. The van der Waals surface area contributed by atoms with E-state index in [1.165, 1.54) is 5.69 Å². The molecule has 10 heteroatoms. The van der Waals surface area contributed by atoms with E-state index in [-0.39, 0.29) is 11.7 Å². The molecule has 0 aliphatic carbocycles. The highest BCUT2D eigenvalue weighted by atomic mass is 32.2. The number of carbonyl (C=O) groups excluding carboxylic acids is 1. The van der Waals surface area contributed by atoms with Crippen LogP contribution in [0.15, 0.2) is 47.9 Å². The van der Waals surface area contributed by atoms with Gasteiger partial charge in [-0.3, -0.25) is 4.79 Å². The molecule has 3 heterocycles. The monoisotopic (exact) mass is 506 g/mol. The zero-order valence-corrected chi connectivity index (χ0v) is 22.3. The van der Waals surface area contributed by atoms with Gasteiger partial charge in [0.15, 0.2) is 5.16 Å². The number of rotatable bonds is 9. The first-order valence-corrected chi connectivity index (χ1v) is 13.5. The van der Waals surface area contributed by atoms with Crippen molar-refractivity contribution >= 4 is 40.7 Å². The number of amides is 1. The molecule has 1 amide bonds. The zero-order valence-electron chi connectivity index (χ0n) is 21.4. The minimum atomic E-state index is -0.130. The minimum absolute atomic E-state index is 0.130. The van der Waals surface area contributed by atoms with Gasteiger partial charge in [-0.25, -0.2) is 19.9 Å². The van der Waals surface area contributed by atoms with E-state index in [9.17, 15) is 4.79 Å². The molecule has 0 bridgehead atoms. The molecule has 3 aromatic rings. The first-order valence-electron chi connectivity index (χ1n) is 12.5. The number of piperazine rings is 1. The summed E-state index contributed by atoms with van der Waals surface area (Å²) < 4.78 is 0. The Morgan fingerprint density at radius 1 is 1.00 bits per heavy atom. The van der Waals surface area contributed by atoms with Crippen LogP contribution < -0.4 is 15.1 Å². The zero-order chi connectivity index (χ0) is 25.5. The van der Waals surface area contributed by atoms with E-state index in [1.54, 1.807) is 29.1 Å². The van der Waals surface area contributed by atoms with Crippen LogP contribution in [-0.4, -0.2) is 75.8 Å². The largest absolute Gasteiger partial charge is 0.372 e. The Balaban J connectivity index is 1.45. The van der Waals surface area contributed by atoms with Gasteiger partial charge in [0.25, 0.3) is 5.91 Å². The van der Waals surface area contributed by atoms with E-state index in [0.717, 1.165) is 46.9 Å². The van der Waals surface area contributed by atoms with Gasteiger partial charge in [-0.2, -0.15) is 0 Å². The van der Waals surface area contributed by atoms with Crippen molar-refractivity contribution in [3.63, 3.8) is 0 Å². The van der Waals surface area contributed by atoms with Crippen molar-refractivity contribution in [3.05, 3.63) is 54.1 Å². The van der Waals surface area contributed by atoms with Crippen LogP contribution in [-0.2, 0) is 0 Å². The van der Waals surface area contributed by atoms with Crippen LogP contribution in [0.3, 0.4) is 0 Å². The van der Waals surface area contributed by atoms with Crippen LogP contribution in [0.2, 0.25) is 0 Å². The minimum Gasteiger partial charge on any atom is -0.372 e. The van der Waals surface area contributed by atoms with Gasteiger partial charge >= 0.3 is 0 Å². The molecule has 1 saturated heterocycles. The molecule has 1 aliphatic rings. The van der Waals surface area contributed by atoms with Crippen molar-refractivity contribution in [2.24, 2.45) is 0 Å². The molecule has 1 aliphatic heterocycles. The fourth-order valence-electron chi connectivity index (χ4n) is 4.11. The molecule has 0 radical (unpaired) electrons. The second-order valence-corrected chi connectivity index (χ2v) is 9.77. The molecule has 1 fully saturated rings. The van der Waals surface area contributed by atoms with Crippen molar-refractivity contribution < 1.29 is 4.79 Å². The molecule has 0 spiro atoms. The predicted octanol–water partition coefficient (Wildman–Crippen LogP) is 4.24. The summed E-state index contributed by atoms with van der Waals surface area (Å²) in [5.74, 6) is 2.63. The van der Waals surface area contributed by atoms with Gasteiger partial charge in [-0.1, -0.05) is 18.7 Å². The predicted molar refractivity (Wildman–Crippen MR) is 147 cm³/mol. The smallest absolute Gasteiger partial charge is 0.291 e. The van der Waals surface area contributed by atoms with Crippen LogP contribution in [0, 0.1) is 6.92 Å². The standard InChI is InChI=1S/C26H34N8OS/c1-5-32(6-2)21-10-8-20(9-11-21)29-22-16-23(31-26(30-22)36-7-3)33-12-14-34(15-13-33)25(35)24-27-17-19(4)18-28-24/h8-11,16-18H,5-7,12-15H2,1-4H3,(H,29,30,31). The van der Waals surface area contributed by atoms with Gasteiger partial charge in [-0.05, 0) is 56.4 Å². The van der Waals surface area contributed by atoms with Crippen LogP contribution in [0.5, 0.6) is 0 Å². The summed E-state index contributed by atoms with van der Waals surface area (Å²) in [6.45, 7) is 12.8. The second kappa shape index (κ2) is 12.0. The number of carbonyl (C=O) groups is 1. The molecule has 36 heavy (non-hydrogen) atoms. The lowest BCUT2D eigenvalue weighted by Crippen LogP contribution is -2.49. The number of aromatic nitrogens is 4. The van der Waals surface area contributed by atoms with Crippen LogP contribution >= 0.6 is 11.8 Å². The molecular weight excluding hydrogens is 472 g/mol. The molecule has 4 rings (SSSR count). The van der Waals surface area contributed by atoms with Crippen molar-refractivity contribution in [2.75, 3.05) is 60.1 Å². The van der Waals surface area contributed by atoms with Gasteiger partial charge in [0.1, 0.15) is 11.6 Å². The average Bonchev–Trinajstić information content (AvgIpc) is 2.90. The maximum Gasteiger partial charge on any atom is 0.291 e. The maximum atomic E-state index is 12.8. The summed E-state index contributed by atoms with van der Waals surface area (Å²) >= 11 is 1.62.